The Morgan fingerprint density at radius 2 is 2.00 bits per heavy atom. The number of amides is 1. The number of ether oxygens (including phenoxy) is 1. The molecule has 0 spiro atoms. The van der Waals surface area contributed by atoms with Crippen LogP contribution in [0.2, 0.25) is 0 Å². The fourth-order valence-corrected chi connectivity index (χ4v) is 3.10. The highest BCUT2D eigenvalue weighted by atomic mass is 79.9. The van der Waals surface area contributed by atoms with Gasteiger partial charge in [-0.25, -0.2) is 5.43 Å². The monoisotopic (exact) mass is 454 g/mol. The van der Waals surface area contributed by atoms with Crippen LogP contribution in [0, 0.1) is 0 Å². The summed E-state index contributed by atoms with van der Waals surface area (Å²) in [6, 6.07) is 19.3. The van der Waals surface area contributed by atoms with Crippen LogP contribution in [0.1, 0.15) is 37.5 Å². The van der Waals surface area contributed by atoms with Crippen molar-refractivity contribution < 1.29 is 13.9 Å². The third-order valence-electron chi connectivity index (χ3n) is 4.55. The number of furan rings is 1. The van der Waals surface area contributed by atoms with Crippen LogP contribution in [-0.4, -0.2) is 18.7 Å². The van der Waals surface area contributed by atoms with Crippen molar-refractivity contribution in [3.8, 4) is 17.1 Å². The number of rotatable bonds is 8. The van der Waals surface area contributed by atoms with Crippen molar-refractivity contribution in [2.45, 2.75) is 26.2 Å². The number of hydrazone groups is 1. The Labute approximate surface area is 178 Å². The second-order valence-corrected chi connectivity index (χ2v) is 7.59. The van der Waals surface area contributed by atoms with Gasteiger partial charge in [0.15, 0.2) is 6.61 Å². The first-order chi connectivity index (χ1) is 14.0. The average Bonchev–Trinajstić information content (AvgIpc) is 3.21. The lowest BCUT2D eigenvalue weighted by Crippen LogP contribution is -2.24. The summed E-state index contributed by atoms with van der Waals surface area (Å²) in [5.74, 6) is 2.09. The number of hydrogen-bond acceptors (Lipinski definition) is 4. The van der Waals surface area contributed by atoms with Crippen LogP contribution in [0.5, 0.6) is 5.75 Å². The van der Waals surface area contributed by atoms with Gasteiger partial charge in [0.2, 0.25) is 0 Å². The van der Waals surface area contributed by atoms with E-state index >= 15 is 0 Å². The maximum atomic E-state index is 11.9. The van der Waals surface area contributed by atoms with Crippen LogP contribution >= 0.6 is 15.9 Å². The predicted octanol–water partition coefficient (Wildman–Crippen LogP) is 5.75. The number of carbonyl (C=O) groups excluding carboxylic acids is 1. The molecule has 3 aromatic rings. The maximum Gasteiger partial charge on any atom is 0.277 e. The van der Waals surface area contributed by atoms with E-state index in [0.717, 1.165) is 22.2 Å². The highest BCUT2D eigenvalue weighted by molar-refractivity contribution is 9.10. The van der Waals surface area contributed by atoms with E-state index in [2.05, 4.69) is 40.3 Å². The van der Waals surface area contributed by atoms with Gasteiger partial charge in [-0.2, -0.15) is 5.10 Å². The van der Waals surface area contributed by atoms with Gasteiger partial charge in [-0.1, -0.05) is 54.0 Å². The predicted molar refractivity (Wildman–Crippen MR) is 118 cm³/mol. The summed E-state index contributed by atoms with van der Waals surface area (Å²) >= 11 is 3.44. The Hall–Kier alpha value is -2.86. The molecule has 0 unspecified atom stereocenters. The molecule has 150 valence electrons. The van der Waals surface area contributed by atoms with Crippen molar-refractivity contribution in [2.24, 2.45) is 5.10 Å². The van der Waals surface area contributed by atoms with E-state index in [4.69, 9.17) is 9.15 Å². The molecule has 1 N–H and O–H groups in total. The number of hydrogen-bond donors (Lipinski definition) is 1. The first-order valence-corrected chi connectivity index (χ1v) is 10.2. The molecule has 0 radical (unpaired) electrons. The van der Waals surface area contributed by atoms with Gasteiger partial charge < -0.3 is 9.15 Å². The van der Waals surface area contributed by atoms with Gasteiger partial charge in [0.1, 0.15) is 17.3 Å². The van der Waals surface area contributed by atoms with Gasteiger partial charge in [-0.05, 0) is 54.3 Å². The zero-order valence-electron chi connectivity index (χ0n) is 16.4. The maximum absolute atomic E-state index is 11.9. The molecule has 29 heavy (non-hydrogen) atoms. The quantitative estimate of drug-likeness (QED) is 0.348. The van der Waals surface area contributed by atoms with Crippen LogP contribution in [-0.2, 0) is 4.79 Å². The second-order valence-electron chi connectivity index (χ2n) is 6.67. The molecule has 0 aliphatic rings. The minimum atomic E-state index is -0.342. The van der Waals surface area contributed by atoms with E-state index in [-0.39, 0.29) is 12.5 Å². The third kappa shape index (κ3) is 6.06. The molecule has 6 heteroatoms. The van der Waals surface area contributed by atoms with Gasteiger partial charge in [-0.15, -0.1) is 0 Å². The zero-order chi connectivity index (χ0) is 20.6. The van der Waals surface area contributed by atoms with Crippen molar-refractivity contribution in [1.29, 1.82) is 0 Å². The minimum absolute atomic E-state index is 0.110. The molecule has 5 nitrogen and oxygen atoms in total. The highest BCUT2D eigenvalue weighted by Gasteiger charge is 2.06. The van der Waals surface area contributed by atoms with E-state index in [1.807, 2.05) is 54.6 Å². The fraction of sp³-hybridized carbons (Fsp3) is 0.217. The van der Waals surface area contributed by atoms with Crippen LogP contribution in [0.15, 0.2) is 74.7 Å². The Morgan fingerprint density at radius 3 is 2.72 bits per heavy atom. The van der Waals surface area contributed by atoms with Crippen LogP contribution in [0.25, 0.3) is 11.3 Å². The van der Waals surface area contributed by atoms with Crippen LogP contribution in [0.3, 0.4) is 0 Å². The topological polar surface area (TPSA) is 63.8 Å². The SMILES string of the molecule is CC[C@@H](C)c1ccc(OCC(=O)N/N=C\c2ccc(-c3cccc(Br)c3)o2)cc1. The molecule has 0 aliphatic heterocycles. The van der Waals surface area contributed by atoms with Gasteiger partial charge in [0.25, 0.3) is 5.91 Å². The normalized spacial score (nSPS) is 12.1. The second kappa shape index (κ2) is 10.1. The Morgan fingerprint density at radius 1 is 1.21 bits per heavy atom. The van der Waals surface area contributed by atoms with Crippen LogP contribution in [0.4, 0.5) is 0 Å². The van der Waals surface area contributed by atoms with Gasteiger partial charge in [0.05, 0.1) is 6.21 Å². The standard InChI is InChI=1S/C23H23BrN2O3/c1-3-16(2)17-7-9-20(10-8-17)28-15-23(27)26-25-14-21-11-12-22(29-21)18-5-4-6-19(24)13-18/h4-14,16H,3,15H2,1-2H3,(H,26,27)/b25-14-/t16-/m1/s1. The lowest BCUT2D eigenvalue weighted by Gasteiger charge is -2.10. The van der Waals surface area contributed by atoms with Gasteiger partial charge >= 0.3 is 0 Å². The number of halogens is 1. The number of nitrogens with zero attached hydrogens (tertiary/aromatic N) is 1. The highest BCUT2D eigenvalue weighted by Crippen LogP contribution is 2.24. The fourth-order valence-electron chi connectivity index (χ4n) is 2.70. The summed E-state index contributed by atoms with van der Waals surface area (Å²) in [6.45, 7) is 4.23. The van der Waals surface area contributed by atoms with E-state index in [0.29, 0.717) is 17.4 Å². The molecule has 0 saturated carbocycles. The summed E-state index contributed by atoms with van der Waals surface area (Å²) < 4.78 is 12.2. The molecule has 1 amide bonds. The Bertz CT molecular complexity index is 980. The number of benzene rings is 2. The molecule has 0 aliphatic carbocycles. The minimum Gasteiger partial charge on any atom is -0.484 e. The largest absolute Gasteiger partial charge is 0.484 e. The van der Waals surface area contributed by atoms with Crippen molar-refractivity contribution in [1.82, 2.24) is 5.43 Å². The summed E-state index contributed by atoms with van der Waals surface area (Å²) in [5.41, 5.74) is 4.65. The number of nitrogens with one attached hydrogen (secondary N) is 1. The summed E-state index contributed by atoms with van der Waals surface area (Å²) in [5, 5.41) is 3.92. The summed E-state index contributed by atoms with van der Waals surface area (Å²) in [6.07, 6.45) is 2.54. The Balaban J connectivity index is 1.47. The molecule has 0 bridgehead atoms. The number of carbonyl (C=O) groups is 1. The average molecular weight is 455 g/mol. The lowest BCUT2D eigenvalue weighted by molar-refractivity contribution is -0.123. The molecule has 1 aromatic heterocycles. The summed E-state index contributed by atoms with van der Waals surface area (Å²) in [4.78, 5) is 11.9. The zero-order valence-corrected chi connectivity index (χ0v) is 18.0. The van der Waals surface area contributed by atoms with E-state index < -0.39 is 0 Å². The molecule has 1 atom stereocenters. The van der Waals surface area contributed by atoms with Crippen molar-refractivity contribution in [2.75, 3.05) is 6.61 Å². The van der Waals surface area contributed by atoms with Gasteiger partial charge in [-0.3, -0.25) is 4.79 Å². The van der Waals surface area contributed by atoms with E-state index in [9.17, 15) is 4.79 Å². The van der Waals surface area contributed by atoms with Crippen molar-refractivity contribution >= 4 is 28.1 Å². The Kier molecular flexibility index (Phi) is 7.25. The van der Waals surface area contributed by atoms with Gasteiger partial charge in [0, 0.05) is 10.0 Å². The smallest absolute Gasteiger partial charge is 0.277 e. The van der Waals surface area contributed by atoms with Crippen LogP contribution < -0.4 is 10.2 Å². The van der Waals surface area contributed by atoms with E-state index in [1.165, 1.54) is 11.8 Å². The molecule has 2 aromatic carbocycles. The first kappa shape index (κ1) is 20.9. The molecule has 1 heterocycles. The molecule has 0 saturated heterocycles. The third-order valence-corrected chi connectivity index (χ3v) is 5.04. The molecule has 3 rings (SSSR count). The first-order valence-electron chi connectivity index (χ1n) is 9.45. The molecular weight excluding hydrogens is 432 g/mol. The molecule has 0 fully saturated rings. The lowest BCUT2D eigenvalue weighted by atomic mass is 9.99. The molecular formula is C23H23BrN2O3. The van der Waals surface area contributed by atoms with Crippen molar-refractivity contribution in [3.05, 3.63) is 76.5 Å². The van der Waals surface area contributed by atoms with Crippen molar-refractivity contribution in [3.63, 3.8) is 0 Å². The summed E-state index contributed by atoms with van der Waals surface area (Å²) in [7, 11) is 0. The van der Waals surface area contributed by atoms with E-state index in [1.54, 1.807) is 6.07 Å².